The average molecular weight is 328 g/mol. The summed E-state index contributed by atoms with van der Waals surface area (Å²) in [6.45, 7) is 2.21. The van der Waals surface area contributed by atoms with Crippen LogP contribution in [0.3, 0.4) is 0 Å². The first kappa shape index (κ1) is 16.6. The van der Waals surface area contributed by atoms with E-state index in [4.69, 9.17) is 5.26 Å². The van der Waals surface area contributed by atoms with Gasteiger partial charge in [0.2, 0.25) is 0 Å². The molecule has 0 heterocycles. The molecule has 7 heteroatoms. The van der Waals surface area contributed by atoms with Crippen molar-refractivity contribution in [3.63, 3.8) is 0 Å². The van der Waals surface area contributed by atoms with Crippen LogP contribution in [0.15, 0.2) is 69.2 Å². The van der Waals surface area contributed by atoms with Gasteiger partial charge in [0.05, 0.1) is 29.6 Å². The Hall–Kier alpha value is -2.72. The summed E-state index contributed by atoms with van der Waals surface area (Å²) in [5.74, 6) is 0. The predicted molar refractivity (Wildman–Crippen MR) is 87.2 cm³/mol. The van der Waals surface area contributed by atoms with Crippen LogP contribution in [0, 0.1) is 18.3 Å². The fourth-order valence-corrected chi connectivity index (χ4v) is 2.61. The molecule has 0 saturated heterocycles. The molecule has 2 aromatic rings. The van der Waals surface area contributed by atoms with Crippen LogP contribution in [-0.2, 0) is 10.0 Å². The molecule has 0 atom stereocenters. The van der Waals surface area contributed by atoms with Gasteiger partial charge in [0, 0.05) is 0 Å². The second-order valence-electron chi connectivity index (χ2n) is 4.83. The summed E-state index contributed by atoms with van der Waals surface area (Å²) in [4.78, 5) is 0.0767. The lowest BCUT2D eigenvalue weighted by molar-refractivity contribution is 0.593. The maximum atomic E-state index is 12.1. The van der Waals surface area contributed by atoms with Gasteiger partial charge in [-0.15, -0.1) is 0 Å². The maximum Gasteiger partial charge on any atom is 0.301 e. The first-order chi connectivity index (χ1) is 11.0. The van der Waals surface area contributed by atoms with Crippen LogP contribution in [0.4, 0.5) is 5.69 Å². The molecular formula is C16H16N4O2S. The highest BCUT2D eigenvalue weighted by Crippen LogP contribution is 2.18. The topological polar surface area (TPSA) is 85.9 Å². The van der Waals surface area contributed by atoms with Crippen molar-refractivity contribution in [1.29, 1.82) is 5.26 Å². The first-order valence-electron chi connectivity index (χ1n) is 6.97. The van der Waals surface area contributed by atoms with Gasteiger partial charge in [-0.3, -0.25) is 0 Å². The van der Waals surface area contributed by atoms with Crippen LogP contribution >= 0.6 is 0 Å². The summed E-state index contributed by atoms with van der Waals surface area (Å²) in [6, 6.07) is 17.3. The van der Waals surface area contributed by atoms with E-state index < -0.39 is 10.0 Å². The molecule has 0 aliphatic rings. The van der Waals surface area contributed by atoms with E-state index in [-0.39, 0.29) is 17.9 Å². The van der Waals surface area contributed by atoms with E-state index in [0.717, 1.165) is 5.56 Å². The molecule has 0 spiro atoms. The Balaban J connectivity index is 2.27. The van der Waals surface area contributed by atoms with Crippen LogP contribution < -0.4 is 5.01 Å². The highest BCUT2D eigenvalue weighted by Gasteiger charge is 2.13. The normalized spacial score (nSPS) is 11.3. The molecule has 0 unspecified atom stereocenters. The van der Waals surface area contributed by atoms with Crippen molar-refractivity contribution >= 4 is 15.7 Å². The van der Waals surface area contributed by atoms with Gasteiger partial charge in [-0.25, -0.2) is 5.01 Å². The molecule has 0 aromatic heterocycles. The summed E-state index contributed by atoms with van der Waals surface area (Å²) in [7, 11) is -3.86. The van der Waals surface area contributed by atoms with Crippen molar-refractivity contribution in [2.75, 3.05) is 11.6 Å². The van der Waals surface area contributed by atoms with E-state index in [1.54, 1.807) is 30.3 Å². The van der Waals surface area contributed by atoms with Gasteiger partial charge in [0.1, 0.15) is 0 Å². The summed E-state index contributed by atoms with van der Waals surface area (Å²) >= 11 is 0. The van der Waals surface area contributed by atoms with Gasteiger partial charge in [0.25, 0.3) is 0 Å². The van der Waals surface area contributed by atoms with E-state index in [0.29, 0.717) is 5.69 Å². The second kappa shape index (κ2) is 7.51. The third-order valence-electron chi connectivity index (χ3n) is 3.06. The minimum atomic E-state index is -3.86. The number of aryl methyl sites for hydroxylation is 1. The van der Waals surface area contributed by atoms with Gasteiger partial charge in [-0.05, 0) is 35.7 Å². The highest BCUT2D eigenvalue weighted by molar-refractivity contribution is 7.90. The minimum absolute atomic E-state index is 0.0767. The monoisotopic (exact) mass is 328 g/mol. The van der Waals surface area contributed by atoms with Gasteiger partial charge < -0.3 is 0 Å². The number of rotatable bonds is 6. The Morgan fingerprint density at radius 3 is 2.35 bits per heavy atom. The predicted octanol–water partition coefficient (Wildman–Crippen LogP) is 3.47. The zero-order valence-corrected chi connectivity index (χ0v) is 13.4. The SMILES string of the molecule is Cc1ccc(N(CCC#N)N=NS(=O)(=O)c2ccccc2)cc1. The van der Waals surface area contributed by atoms with Crippen molar-refractivity contribution in [3.8, 4) is 6.07 Å². The smallest absolute Gasteiger partial charge is 0.245 e. The summed E-state index contributed by atoms with van der Waals surface area (Å²) in [6.07, 6.45) is 0.207. The first-order valence-corrected chi connectivity index (χ1v) is 8.41. The number of anilines is 1. The molecule has 2 aromatic carbocycles. The minimum Gasteiger partial charge on any atom is -0.245 e. The zero-order valence-electron chi connectivity index (χ0n) is 12.6. The standard InChI is InChI=1S/C16H16N4O2S/c1-14-8-10-15(11-9-14)20(13-5-12-17)18-19-23(21,22)16-6-3-2-4-7-16/h2-4,6-11H,5,13H2,1H3. The molecule has 2 rings (SSSR count). The lowest BCUT2D eigenvalue weighted by Crippen LogP contribution is -2.17. The molecule has 23 heavy (non-hydrogen) atoms. The quantitative estimate of drug-likeness (QED) is 0.600. The number of hydrogen-bond acceptors (Lipinski definition) is 4. The molecule has 0 aliphatic heterocycles. The molecular weight excluding hydrogens is 312 g/mol. The Morgan fingerprint density at radius 1 is 1.09 bits per heavy atom. The van der Waals surface area contributed by atoms with E-state index in [9.17, 15) is 8.42 Å². The molecule has 0 fully saturated rings. The number of hydrogen-bond donors (Lipinski definition) is 0. The van der Waals surface area contributed by atoms with Crippen LogP contribution in [0.5, 0.6) is 0 Å². The van der Waals surface area contributed by atoms with Crippen LogP contribution in [0.2, 0.25) is 0 Å². The number of benzene rings is 2. The molecule has 0 saturated carbocycles. The van der Waals surface area contributed by atoms with E-state index in [1.165, 1.54) is 17.1 Å². The van der Waals surface area contributed by atoms with E-state index >= 15 is 0 Å². The summed E-state index contributed by atoms with van der Waals surface area (Å²) in [5.41, 5.74) is 1.75. The number of sulfonamides is 1. The number of nitriles is 1. The van der Waals surface area contributed by atoms with E-state index in [1.807, 2.05) is 25.1 Å². The van der Waals surface area contributed by atoms with E-state index in [2.05, 4.69) is 9.74 Å². The van der Waals surface area contributed by atoms with Crippen molar-refractivity contribution in [2.24, 2.45) is 9.74 Å². The molecule has 118 valence electrons. The fourth-order valence-electron chi connectivity index (χ4n) is 1.83. The summed E-state index contributed by atoms with van der Waals surface area (Å²) < 4.78 is 27.8. The lowest BCUT2D eigenvalue weighted by Gasteiger charge is -2.16. The van der Waals surface area contributed by atoms with Crippen molar-refractivity contribution in [3.05, 3.63) is 60.2 Å². The lowest BCUT2D eigenvalue weighted by atomic mass is 10.2. The third-order valence-corrected chi connectivity index (χ3v) is 4.22. The fraction of sp³-hybridized carbons (Fsp3) is 0.188. The Kier molecular flexibility index (Phi) is 5.44. The molecule has 6 nitrogen and oxygen atoms in total. The molecule has 0 amide bonds. The maximum absolute atomic E-state index is 12.1. The largest absolute Gasteiger partial charge is 0.301 e. The van der Waals surface area contributed by atoms with Gasteiger partial charge >= 0.3 is 10.0 Å². The van der Waals surface area contributed by atoms with Gasteiger partial charge in [0.15, 0.2) is 0 Å². The average Bonchev–Trinajstić information content (AvgIpc) is 2.57. The highest BCUT2D eigenvalue weighted by atomic mass is 32.2. The van der Waals surface area contributed by atoms with Crippen LogP contribution in [0.25, 0.3) is 0 Å². The molecule has 0 aliphatic carbocycles. The Bertz CT molecular complexity index is 809. The third kappa shape index (κ3) is 4.63. The number of nitrogens with zero attached hydrogens (tertiary/aromatic N) is 4. The second-order valence-corrected chi connectivity index (χ2v) is 6.41. The van der Waals surface area contributed by atoms with Crippen LogP contribution in [-0.4, -0.2) is 15.0 Å². The van der Waals surface area contributed by atoms with Gasteiger partial charge in [-0.2, -0.15) is 13.7 Å². The van der Waals surface area contributed by atoms with Crippen LogP contribution in [0.1, 0.15) is 12.0 Å². The Labute approximate surface area is 135 Å². The molecule has 0 N–H and O–H groups in total. The summed E-state index contributed by atoms with van der Waals surface area (Å²) in [5, 5.41) is 14.0. The van der Waals surface area contributed by atoms with Crippen molar-refractivity contribution < 1.29 is 8.42 Å². The van der Waals surface area contributed by atoms with Crippen molar-refractivity contribution in [2.45, 2.75) is 18.2 Å². The molecule has 0 radical (unpaired) electrons. The Morgan fingerprint density at radius 2 is 1.74 bits per heavy atom. The van der Waals surface area contributed by atoms with Crippen molar-refractivity contribution in [1.82, 2.24) is 0 Å². The molecule has 0 bridgehead atoms. The van der Waals surface area contributed by atoms with Gasteiger partial charge in [-0.1, -0.05) is 41.1 Å². The zero-order chi connectivity index (χ0) is 16.7.